The molecule has 7 heteroatoms. The summed E-state index contributed by atoms with van der Waals surface area (Å²) in [4.78, 5) is 11.6. The van der Waals surface area contributed by atoms with E-state index in [9.17, 15) is 22.4 Å². The predicted molar refractivity (Wildman–Crippen MR) is 60.6 cm³/mol. The van der Waals surface area contributed by atoms with Gasteiger partial charge in [-0.3, -0.25) is 4.79 Å². The van der Waals surface area contributed by atoms with Crippen LogP contribution in [0, 0.1) is 5.82 Å². The number of ether oxygens (including phenoxy) is 1. The molecule has 0 fully saturated rings. The van der Waals surface area contributed by atoms with Crippen molar-refractivity contribution in [2.24, 2.45) is 0 Å². The molecule has 1 atom stereocenters. The second-order valence-electron chi connectivity index (χ2n) is 4.04. The lowest BCUT2D eigenvalue weighted by Gasteiger charge is -2.16. The van der Waals surface area contributed by atoms with E-state index in [1.54, 1.807) is 0 Å². The zero-order valence-corrected chi connectivity index (χ0v) is 10.3. The van der Waals surface area contributed by atoms with E-state index in [4.69, 9.17) is 4.74 Å². The Labute approximate surface area is 107 Å². The van der Waals surface area contributed by atoms with E-state index >= 15 is 0 Å². The molecule has 0 saturated heterocycles. The lowest BCUT2D eigenvalue weighted by Crippen LogP contribution is -2.36. The van der Waals surface area contributed by atoms with Gasteiger partial charge in [0, 0.05) is 12.1 Å². The quantitative estimate of drug-likeness (QED) is 0.861. The molecule has 1 rings (SSSR count). The van der Waals surface area contributed by atoms with Crippen LogP contribution in [0.2, 0.25) is 0 Å². The van der Waals surface area contributed by atoms with Gasteiger partial charge in [0.15, 0.2) is 0 Å². The van der Waals surface area contributed by atoms with E-state index in [1.165, 1.54) is 20.1 Å². The van der Waals surface area contributed by atoms with Gasteiger partial charge in [-0.2, -0.15) is 13.2 Å². The number of carbonyl (C=O) groups is 1. The largest absolute Gasteiger partial charge is 0.497 e. The van der Waals surface area contributed by atoms with Gasteiger partial charge in [0.2, 0.25) is 0 Å². The fourth-order valence-electron chi connectivity index (χ4n) is 1.51. The third-order valence-electron chi connectivity index (χ3n) is 2.34. The Bertz CT molecular complexity index is 460. The summed E-state index contributed by atoms with van der Waals surface area (Å²) in [6.45, 7) is 1.20. The van der Waals surface area contributed by atoms with Crippen molar-refractivity contribution in [2.45, 2.75) is 25.6 Å². The molecule has 1 N–H and O–H groups in total. The maximum absolute atomic E-state index is 13.5. The van der Waals surface area contributed by atoms with Crippen LogP contribution in [0.15, 0.2) is 18.2 Å². The number of hydrogen-bond donors (Lipinski definition) is 1. The van der Waals surface area contributed by atoms with Crippen molar-refractivity contribution in [3.63, 3.8) is 0 Å². The van der Waals surface area contributed by atoms with Gasteiger partial charge < -0.3 is 10.1 Å². The molecule has 0 radical (unpaired) electrons. The smallest absolute Gasteiger partial charge is 0.391 e. The Morgan fingerprint density at radius 2 is 2.05 bits per heavy atom. The van der Waals surface area contributed by atoms with E-state index in [1.807, 2.05) is 0 Å². The molecule has 0 spiro atoms. The summed E-state index contributed by atoms with van der Waals surface area (Å²) in [7, 11) is 1.33. The van der Waals surface area contributed by atoms with Crippen LogP contribution in [0.5, 0.6) is 5.75 Å². The molecule has 0 aliphatic carbocycles. The molecule has 1 aromatic carbocycles. The number of alkyl halides is 3. The summed E-state index contributed by atoms with van der Waals surface area (Å²) in [6, 6.07) is 2.37. The van der Waals surface area contributed by atoms with Gasteiger partial charge in [0.05, 0.1) is 19.1 Å². The number of nitrogens with one attached hydrogen (secondary N) is 1. The maximum atomic E-state index is 13.5. The summed E-state index contributed by atoms with van der Waals surface area (Å²) in [5.74, 6) is -1.52. The molecule has 1 amide bonds. The first-order valence-corrected chi connectivity index (χ1v) is 5.44. The molecule has 0 bridgehead atoms. The van der Waals surface area contributed by atoms with Gasteiger partial charge in [0.1, 0.15) is 11.6 Å². The lowest BCUT2D eigenvalue weighted by atomic mass is 10.1. The molecule has 0 aliphatic rings. The van der Waals surface area contributed by atoms with E-state index in [2.05, 4.69) is 5.32 Å². The molecule has 106 valence electrons. The van der Waals surface area contributed by atoms with E-state index in [0.29, 0.717) is 0 Å². The molecule has 3 nitrogen and oxygen atoms in total. The second-order valence-corrected chi connectivity index (χ2v) is 4.04. The van der Waals surface area contributed by atoms with Crippen molar-refractivity contribution in [3.8, 4) is 5.75 Å². The molecule has 0 aromatic heterocycles. The lowest BCUT2D eigenvalue weighted by molar-refractivity contribution is -0.138. The van der Waals surface area contributed by atoms with E-state index < -0.39 is 30.4 Å². The first kappa shape index (κ1) is 15.3. The standard InChI is InChI=1S/C12H13F4NO2/c1-7(6-12(14,15)16)17-11(18)9-4-3-8(19-2)5-10(9)13/h3-5,7H,6H2,1-2H3,(H,17,18). The van der Waals surface area contributed by atoms with Crippen molar-refractivity contribution in [1.29, 1.82) is 0 Å². The minimum Gasteiger partial charge on any atom is -0.497 e. The normalized spacial score (nSPS) is 12.9. The van der Waals surface area contributed by atoms with E-state index in [0.717, 1.165) is 12.1 Å². The SMILES string of the molecule is COc1ccc(C(=O)NC(C)CC(F)(F)F)c(F)c1. The fourth-order valence-corrected chi connectivity index (χ4v) is 1.51. The Balaban J connectivity index is 2.73. The Hall–Kier alpha value is -1.79. The third-order valence-corrected chi connectivity index (χ3v) is 2.34. The summed E-state index contributed by atoms with van der Waals surface area (Å²) in [6.07, 6.45) is -5.55. The number of hydrogen-bond acceptors (Lipinski definition) is 2. The molecule has 0 saturated carbocycles. The van der Waals surface area contributed by atoms with Crippen molar-refractivity contribution in [3.05, 3.63) is 29.6 Å². The van der Waals surface area contributed by atoms with Gasteiger partial charge in [-0.1, -0.05) is 0 Å². The first-order chi connectivity index (χ1) is 8.73. The summed E-state index contributed by atoms with van der Waals surface area (Å²) in [5, 5.41) is 2.09. The minimum absolute atomic E-state index is 0.220. The molecule has 1 unspecified atom stereocenters. The highest BCUT2D eigenvalue weighted by Crippen LogP contribution is 2.22. The molecular weight excluding hydrogens is 266 g/mol. The topological polar surface area (TPSA) is 38.3 Å². The van der Waals surface area contributed by atoms with Crippen LogP contribution in [0.3, 0.4) is 0 Å². The number of benzene rings is 1. The number of carbonyl (C=O) groups excluding carboxylic acids is 1. The van der Waals surface area contributed by atoms with Crippen LogP contribution < -0.4 is 10.1 Å². The Kier molecular flexibility index (Phi) is 4.74. The van der Waals surface area contributed by atoms with E-state index in [-0.39, 0.29) is 11.3 Å². The van der Waals surface area contributed by atoms with Crippen LogP contribution in [0.25, 0.3) is 0 Å². The summed E-state index contributed by atoms with van der Waals surface area (Å²) in [5.41, 5.74) is -0.324. The average molecular weight is 279 g/mol. The summed E-state index contributed by atoms with van der Waals surface area (Å²) < 4.78 is 54.6. The minimum atomic E-state index is -4.38. The highest BCUT2D eigenvalue weighted by atomic mass is 19.4. The average Bonchev–Trinajstić information content (AvgIpc) is 2.25. The van der Waals surface area contributed by atoms with Gasteiger partial charge >= 0.3 is 6.18 Å². The van der Waals surface area contributed by atoms with Gasteiger partial charge in [-0.15, -0.1) is 0 Å². The molecule has 1 aromatic rings. The van der Waals surface area contributed by atoms with Crippen LogP contribution in [-0.2, 0) is 0 Å². The van der Waals surface area contributed by atoms with Crippen molar-refractivity contribution in [2.75, 3.05) is 7.11 Å². The van der Waals surface area contributed by atoms with Crippen molar-refractivity contribution in [1.82, 2.24) is 5.32 Å². The zero-order chi connectivity index (χ0) is 14.6. The monoisotopic (exact) mass is 279 g/mol. The van der Waals surface area contributed by atoms with Crippen LogP contribution in [0.1, 0.15) is 23.7 Å². The van der Waals surface area contributed by atoms with Crippen molar-refractivity contribution < 1.29 is 27.1 Å². The number of halogens is 4. The Morgan fingerprint density at radius 3 is 2.53 bits per heavy atom. The van der Waals surface area contributed by atoms with Crippen molar-refractivity contribution >= 4 is 5.91 Å². The van der Waals surface area contributed by atoms with Gasteiger partial charge in [-0.25, -0.2) is 4.39 Å². The zero-order valence-electron chi connectivity index (χ0n) is 10.3. The fraction of sp³-hybridized carbons (Fsp3) is 0.417. The molecule has 0 heterocycles. The highest BCUT2D eigenvalue weighted by molar-refractivity contribution is 5.94. The molecular formula is C12H13F4NO2. The number of methoxy groups -OCH3 is 1. The Morgan fingerprint density at radius 1 is 1.42 bits per heavy atom. The third kappa shape index (κ3) is 4.76. The summed E-state index contributed by atoms with van der Waals surface area (Å²) >= 11 is 0. The van der Waals surface area contributed by atoms with Gasteiger partial charge in [-0.05, 0) is 19.1 Å². The highest BCUT2D eigenvalue weighted by Gasteiger charge is 2.30. The second kappa shape index (κ2) is 5.90. The predicted octanol–water partition coefficient (Wildman–Crippen LogP) is 2.91. The van der Waals surface area contributed by atoms with Gasteiger partial charge in [0.25, 0.3) is 5.91 Å². The first-order valence-electron chi connectivity index (χ1n) is 5.44. The van der Waals surface area contributed by atoms with Crippen LogP contribution in [-0.4, -0.2) is 25.2 Å². The maximum Gasteiger partial charge on any atom is 0.391 e. The molecule has 19 heavy (non-hydrogen) atoms. The van der Waals surface area contributed by atoms with Crippen LogP contribution >= 0.6 is 0 Å². The molecule has 0 aliphatic heterocycles. The number of amides is 1. The van der Waals surface area contributed by atoms with Crippen LogP contribution in [0.4, 0.5) is 17.6 Å². The number of rotatable bonds is 4.